The van der Waals surface area contributed by atoms with Gasteiger partial charge in [0.2, 0.25) is 5.96 Å². The maximum absolute atomic E-state index is 8.38. The first-order valence-corrected chi connectivity index (χ1v) is 4.59. The zero-order valence-electron chi connectivity index (χ0n) is 8.60. The molecule has 0 bridgehead atoms. The summed E-state index contributed by atoms with van der Waals surface area (Å²) in [6.07, 6.45) is 0.770. The van der Waals surface area contributed by atoms with Crippen LogP contribution in [0.15, 0.2) is 29.3 Å². The van der Waals surface area contributed by atoms with E-state index >= 15 is 0 Å². The van der Waals surface area contributed by atoms with Gasteiger partial charge in [-0.1, -0.05) is 12.1 Å². The van der Waals surface area contributed by atoms with Gasteiger partial charge in [-0.2, -0.15) is 0 Å². The van der Waals surface area contributed by atoms with Gasteiger partial charge < -0.3 is 10.5 Å². The lowest BCUT2D eigenvalue weighted by atomic mass is 10.1. The standard InChI is InChI=1S/C10H15N3O2/c1-15-9-4-2-8(3-5-9)6-7-12-10(11)13-14/h2-5,14H,6-7H2,1H3,(H3,11,12,13). The summed E-state index contributed by atoms with van der Waals surface area (Å²) in [4.78, 5) is 3.88. The van der Waals surface area contributed by atoms with E-state index in [1.807, 2.05) is 24.3 Å². The van der Waals surface area contributed by atoms with Gasteiger partial charge in [0.15, 0.2) is 0 Å². The number of nitrogens with zero attached hydrogens (tertiary/aromatic N) is 1. The first kappa shape index (κ1) is 11.3. The van der Waals surface area contributed by atoms with E-state index in [1.54, 1.807) is 12.6 Å². The Kier molecular flexibility index (Phi) is 4.43. The molecule has 0 heterocycles. The number of guanidine groups is 1. The molecule has 0 aromatic heterocycles. The van der Waals surface area contributed by atoms with Crippen molar-refractivity contribution in [2.24, 2.45) is 10.7 Å². The minimum absolute atomic E-state index is 0.0310. The normalized spacial score (nSPS) is 11.2. The van der Waals surface area contributed by atoms with Crippen molar-refractivity contribution in [3.05, 3.63) is 29.8 Å². The summed E-state index contributed by atoms with van der Waals surface area (Å²) in [5, 5.41) is 8.38. The monoisotopic (exact) mass is 209 g/mol. The van der Waals surface area contributed by atoms with E-state index in [1.165, 1.54) is 0 Å². The molecule has 1 rings (SSSR count). The van der Waals surface area contributed by atoms with E-state index in [-0.39, 0.29) is 5.96 Å². The molecule has 5 nitrogen and oxygen atoms in total. The highest BCUT2D eigenvalue weighted by molar-refractivity contribution is 5.76. The molecule has 0 atom stereocenters. The lowest BCUT2D eigenvalue weighted by Crippen LogP contribution is -2.28. The van der Waals surface area contributed by atoms with Crippen LogP contribution in [0, 0.1) is 0 Å². The molecule has 15 heavy (non-hydrogen) atoms. The van der Waals surface area contributed by atoms with Crippen LogP contribution in [0.3, 0.4) is 0 Å². The Bertz CT molecular complexity index is 322. The molecule has 1 aromatic rings. The molecule has 0 saturated heterocycles. The molecular weight excluding hydrogens is 194 g/mol. The second-order valence-electron chi connectivity index (χ2n) is 2.98. The van der Waals surface area contributed by atoms with Crippen LogP contribution in [-0.2, 0) is 6.42 Å². The van der Waals surface area contributed by atoms with Crippen LogP contribution in [-0.4, -0.2) is 24.8 Å². The molecule has 0 aliphatic rings. The van der Waals surface area contributed by atoms with Crippen molar-refractivity contribution < 1.29 is 9.94 Å². The van der Waals surface area contributed by atoms with Crippen molar-refractivity contribution >= 4 is 5.96 Å². The quantitative estimate of drug-likeness (QED) is 0.384. The van der Waals surface area contributed by atoms with Crippen LogP contribution in [0.2, 0.25) is 0 Å². The minimum Gasteiger partial charge on any atom is -0.497 e. The third-order valence-electron chi connectivity index (χ3n) is 1.96. The van der Waals surface area contributed by atoms with E-state index in [4.69, 9.17) is 15.7 Å². The average molecular weight is 209 g/mol. The third-order valence-corrected chi connectivity index (χ3v) is 1.96. The van der Waals surface area contributed by atoms with E-state index in [2.05, 4.69) is 4.99 Å². The van der Waals surface area contributed by atoms with Gasteiger partial charge in [-0.3, -0.25) is 10.2 Å². The number of nitrogens with one attached hydrogen (secondary N) is 1. The molecule has 0 amide bonds. The molecule has 0 radical (unpaired) electrons. The summed E-state index contributed by atoms with van der Waals surface area (Å²) in [6, 6.07) is 7.73. The molecule has 0 aliphatic carbocycles. The van der Waals surface area contributed by atoms with Gasteiger partial charge in [-0.25, -0.2) is 5.48 Å². The van der Waals surface area contributed by atoms with Gasteiger partial charge in [0.05, 0.1) is 7.11 Å². The fraction of sp³-hybridized carbons (Fsp3) is 0.300. The van der Waals surface area contributed by atoms with Crippen LogP contribution in [0.4, 0.5) is 0 Å². The highest BCUT2D eigenvalue weighted by atomic mass is 16.5. The molecule has 0 aliphatic heterocycles. The lowest BCUT2D eigenvalue weighted by molar-refractivity contribution is 0.232. The van der Waals surface area contributed by atoms with Crippen LogP contribution in [0.25, 0.3) is 0 Å². The maximum Gasteiger partial charge on any atom is 0.212 e. The molecule has 0 unspecified atom stereocenters. The number of nitrogens with two attached hydrogens (primary N) is 1. The van der Waals surface area contributed by atoms with Crippen molar-refractivity contribution in [2.75, 3.05) is 13.7 Å². The number of hydrogen-bond donors (Lipinski definition) is 3. The summed E-state index contributed by atoms with van der Waals surface area (Å²) < 4.78 is 5.04. The summed E-state index contributed by atoms with van der Waals surface area (Å²) in [7, 11) is 1.63. The van der Waals surface area contributed by atoms with Gasteiger partial charge in [-0.15, -0.1) is 0 Å². The highest BCUT2D eigenvalue weighted by Gasteiger charge is 1.94. The van der Waals surface area contributed by atoms with Crippen molar-refractivity contribution in [3.8, 4) is 5.75 Å². The largest absolute Gasteiger partial charge is 0.497 e. The Balaban J connectivity index is 2.44. The van der Waals surface area contributed by atoms with Crippen molar-refractivity contribution in [1.29, 1.82) is 0 Å². The molecule has 0 spiro atoms. The van der Waals surface area contributed by atoms with Gasteiger partial charge >= 0.3 is 0 Å². The second-order valence-corrected chi connectivity index (χ2v) is 2.98. The van der Waals surface area contributed by atoms with Gasteiger partial charge in [0, 0.05) is 6.54 Å². The van der Waals surface area contributed by atoms with E-state index in [0.717, 1.165) is 17.7 Å². The predicted octanol–water partition coefficient (Wildman–Crippen LogP) is 0.531. The van der Waals surface area contributed by atoms with Crippen molar-refractivity contribution in [3.63, 3.8) is 0 Å². The van der Waals surface area contributed by atoms with Crippen LogP contribution in [0.5, 0.6) is 5.75 Å². The maximum atomic E-state index is 8.38. The van der Waals surface area contributed by atoms with Crippen LogP contribution >= 0.6 is 0 Å². The second kappa shape index (κ2) is 5.87. The SMILES string of the molecule is COc1ccc(CCN=C(N)NO)cc1. The Labute approximate surface area is 88.5 Å². The molecule has 4 N–H and O–H groups in total. The molecule has 0 fully saturated rings. The van der Waals surface area contributed by atoms with E-state index in [9.17, 15) is 0 Å². The third kappa shape index (κ3) is 3.86. The summed E-state index contributed by atoms with van der Waals surface area (Å²) >= 11 is 0. The highest BCUT2D eigenvalue weighted by Crippen LogP contribution is 2.11. The Morgan fingerprint density at radius 1 is 1.47 bits per heavy atom. The van der Waals surface area contributed by atoms with Gasteiger partial charge in [-0.05, 0) is 24.1 Å². The Morgan fingerprint density at radius 3 is 2.67 bits per heavy atom. The van der Waals surface area contributed by atoms with Gasteiger partial charge in [0.1, 0.15) is 5.75 Å². The minimum atomic E-state index is 0.0310. The lowest BCUT2D eigenvalue weighted by Gasteiger charge is -2.02. The topological polar surface area (TPSA) is 79.9 Å². The fourth-order valence-electron chi connectivity index (χ4n) is 1.13. The first-order chi connectivity index (χ1) is 7.26. The average Bonchev–Trinajstić information content (AvgIpc) is 2.29. The molecular formula is C10H15N3O2. The van der Waals surface area contributed by atoms with Crippen LogP contribution in [0.1, 0.15) is 5.56 Å². The number of benzene rings is 1. The van der Waals surface area contributed by atoms with E-state index in [0.29, 0.717) is 6.54 Å². The summed E-state index contributed by atoms with van der Waals surface area (Å²) in [5.74, 6) is 0.863. The zero-order chi connectivity index (χ0) is 11.1. The van der Waals surface area contributed by atoms with Gasteiger partial charge in [0.25, 0.3) is 0 Å². The van der Waals surface area contributed by atoms with Crippen molar-refractivity contribution in [2.45, 2.75) is 6.42 Å². The van der Waals surface area contributed by atoms with E-state index < -0.39 is 0 Å². The predicted molar refractivity (Wildman–Crippen MR) is 58.1 cm³/mol. The van der Waals surface area contributed by atoms with Crippen LogP contribution < -0.4 is 16.0 Å². The number of hydrogen-bond acceptors (Lipinski definition) is 3. The molecule has 5 heteroatoms. The summed E-state index contributed by atoms with van der Waals surface area (Å²) in [5.41, 5.74) is 8.17. The number of rotatable bonds is 4. The Hall–Kier alpha value is -1.75. The first-order valence-electron chi connectivity index (χ1n) is 4.59. The Morgan fingerprint density at radius 2 is 2.13 bits per heavy atom. The smallest absolute Gasteiger partial charge is 0.212 e. The fourth-order valence-corrected chi connectivity index (χ4v) is 1.13. The number of aliphatic imine (C=N–C) groups is 1. The zero-order valence-corrected chi connectivity index (χ0v) is 8.60. The van der Waals surface area contributed by atoms with Crippen molar-refractivity contribution in [1.82, 2.24) is 5.48 Å². The number of methoxy groups -OCH3 is 1. The molecule has 82 valence electrons. The number of ether oxygens (including phenoxy) is 1. The molecule has 0 saturated carbocycles. The summed E-state index contributed by atoms with van der Waals surface area (Å²) in [6.45, 7) is 0.533. The molecule has 1 aromatic carbocycles. The number of hydroxylamine groups is 1.